The zero-order chi connectivity index (χ0) is 16.8. The minimum atomic E-state index is -0.0653. The number of hydrogen-bond donors (Lipinski definition) is 1. The first-order valence-electron chi connectivity index (χ1n) is 7.01. The van der Waals surface area contributed by atoms with E-state index in [1.165, 1.54) is 11.8 Å². The molecular formula is C16H18Cl2N2O2S. The lowest BCUT2D eigenvalue weighted by Gasteiger charge is -2.22. The predicted octanol–water partition coefficient (Wildman–Crippen LogP) is 4.10. The SMILES string of the molecule is CN(C)C(CNC(=O)CSc1cc(Cl)ccc1Cl)c1ccco1. The molecule has 0 saturated carbocycles. The maximum atomic E-state index is 12.1. The van der Waals surface area contributed by atoms with Gasteiger partial charge in [0.25, 0.3) is 0 Å². The van der Waals surface area contributed by atoms with E-state index in [0.717, 1.165) is 10.7 Å². The fourth-order valence-electron chi connectivity index (χ4n) is 2.01. The molecule has 0 aliphatic heterocycles. The second-order valence-corrected chi connectivity index (χ2v) is 7.02. The predicted molar refractivity (Wildman–Crippen MR) is 95.3 cm³/mol. The Morgan fingerprint density at radius 3 is 2.78 bits per heavy atom. The Hall–Kier alpha value is -1.14. The lowest BCUT2D eigenvalue weighted by atomic mass is 10.2. The lowest BCUT2D eigenvalue weighted by Crippen LogP contribution is -2.35. The van der Waals surface area contributed by atoms with E-state index in [-0.39, 0.29) is 17.7 Å². The van der Waals surface area contributed by atoms with E-state index >= 15 is 0 Å². The molecule has 4 nitrogen and oxygen atoms in total. The van der Waals surface area contributed by atoms with Gasteiger partial charge in [0.15, 0.2) is 0 Å². The minimum Gasteiger partial charge on any atom is -0.468 e. The highest BCUT2D eigenvalue weighted by atomic mass is 35.5. The number of thioether (sulfide) groups is 1. The quantitative estimate of drug-likeness (QED) is 0.743. The fraction of sp³-hybridized carbons (Fsp3) is 0.312. The van der Waals surface area contributed by atoms with E-state index in [0.29, 0.717) is 16.6 Å². The van der Waals surface area contributed by atoms with Crippen LogP contribution in [0.2, 0.25) is 10.0 Å². The van der Waals surface area contributed by atoms with Gasteiger partial charge in [0.1, 0.15) is 5.76 Å². The van der Waals surface area contributed by atoms with Gasteiger partial charge in [0.2, 0.25) is 5.91 Å². The van der Waals surface area contributed by atoms with Crippen LogP contribution in [0.3, 0.4) is 0 Å². The summed E-state index contributed by atoms with van der Waals surface area (Å²) in [5.74, 6) is 1.03. The summed E-state index contributed by atoms with van der Waals surface area (Å²) in [7, 11) is 3.89. The Morgan fingerprint density at radius 2 is 2.13 bits per heavy atom. The van der Waals surface area contributed by atoms with E-state index in [9.17, 15) is 4.79 Å². The number of likely N-dealkylation sites (N-methyl/N-ethyl adjacent to an activating group) is 1. The maximum absolute atomic E-state index is 12.1. The van der Waals surface area contributed by atoms with Crippen molar-refractivity contribution < 1.29 is 9.21 Å². The average Bonchev–Trinajstić information content (AvgIpc) is 3.02. The van der Waals surface area contributed by atoms with Gasteiger partial charge in [-0.2, -0.15) is 0 Å². The number of halogens is 2. The Labute approximate surface area is 150 Å². The van der Waals surface area contributed by atoms with Crippen molar-refractivity contribution in [3.8, 4) is 0 Å². The summed E-state index contributed by atoms with van der Waals surface area (Å²) in [5.41, 5.74) is 0. The molecule has 0 aliphatic carbocycles. The average molecular weight is 373 g/mol. The monoisotopic (exact) mass is 372 g/mol. The number of rotatable bonds is 7. The highest BCUT2D eigenvalue weighted by Gasteiger charge is 2.18. The summed E-state index contributed by atoms with van der Waals surface area (Å²) in [4.78, 5) is 14.8. The summed E-state index contributed by atoms with van der Waals surface area (Å²) in [6.07, 6.45) is 1.63. The van der Waals surface area contributed by atoms with Crippen LogP contribution >= 0.6 is 35.0 Å². The van der Waals surface area contributed by atoms with Gasteiger partial charge in [-0.15, -0.1) is 11.8 Å². The number of nitrogens with one attached hydrogen (secondary N) is 1. The Bertz CT molecular complexity index is 648. The summed E-state index contributed by atoms with van der Waals surface area (Å²) in [6, 6.07) is 8.94. The van der Waals surface area contributed by atoms with Gasteiger partial charge in [0.05, 0.1) is 23.1 Å². The van der Waals surface area contributed by atoms with Crippen LogP contribution in [0.4, 0.5) is 0 Å². The molecule has 124 valence electrons. The van der Waals surface area contributed by atoms with Crippen molar-refractivity contribution in [2.24, 2.45) is 0 Å². The first kappa shape index (κ1) is 18.2. The molecule has 1 N–H and O–H groups in total. The number of hydrogen-bond acceptors (Lipinski definition) is 4. The zero-order valence-corrected chi connectivity index (χ0v) is 15.2. The molecule has 1 amide bonds. The number of furan rings is 1. The molecule has 1 unspecified atom stereocenters. The highest BCUT2D eigenvalue weighted by Crippen LogP contribution is 2.29. The third-order valence-electron chi connectivity index (χ3n) is 3.24. The van der Waals surface area contributed by atoms with Gasteiger partial charge in [-0.05, 0) is 44.4 Å². The Morgan fingerprint density at radius 1 is 1.35 bits per heavy atom. The molecule has 1 aromatic heterocycles. The smallest absolute Gasteiger partial charge is 0.230 e. The number of amides is 1. The van der Waals surface area contributed by atoms with Crippen LogP contribution in [0.1, 0.15) is 11.8 Å². The van der Waals surface area contributed by atoms with Crippen molar-refractivity contribution >= 4 is 40.9 Å². The van der Waals surface area contributed by atoms with Crippen molar-refractivity contribution in [1.29, 1.82) is 0 Å². The van der Waals surface area contributed by atoms with Crippen LogP contribution in [-0.2, 0) is 4.79 Å². The normalized spacial score (nSPS) is 12.4. The van der Waals surface area contributed by atoms with Crippen molar-refractivity contribution in [3.05, 3.63) is 52.4 Å². The summed E-state index contributed by atoms with van der Waals surface area (Å²) >= 11 is 13.4. The molecule has 1 heterocycles. The van der Waals surface area contributed by atoms with Crippen molar-refractivity contribution in [2.45, 2.75) is 10.9 Å². The van der Waals surface area contributed by atoms with E-state index in [1.54, 1.807) is 24.5 Å². The van der Waals surface area contributed by atoms with Gasteiger partial charge in [-0.3, -0.25) is 9.69 Å². The van der Waals surface area contributed by atoms with Crippen molar-refractivity contribution in [3.63, 3.8) is 0 Å². The molecule has 7 heteroatoms. The number of carbonyl (C=O) groups excluding carboxylic acids is 1. The van der Waals surface area contributed by atoms with Gasteiger partial charge in [-0.1, -0.05) is 23.2 Å². The third kappa shape index (κ3) is 5.46. The first-order valence-corrected chi connectivity index (χ1v) is 8.76. The van der Waals surface area contributed by atoms with E-state index < -0.39 is 0 Å². The Balaban J connectivity index is 1.86. The van der Waals surface area contributed by atoms with Gasteiger partial charge in [0, 0.05) is 16.5 Å². The number of benzene rings is 1. The van der Waals surface area contributed by atoms with Crippen molar-refractivity contribution in [2.75, 3.05) is 26.4 Å². The molecule has 23 heavy (non-hydrogen) atoms. The molecule has 2 aromatic rings. The second-order valence-electron chi connectivity index (χ2n) is 5.16. The summed E-state index contributed by atoms with van der Waals surface area (Å²) < 4.78 is 5.42. The summed E-state index contributed by atoms with van der Waals surface area (Å²) in [6.45, 7) is 0.475. The molecule has 0 aliphatic rings. The minimum absolute atomic E-state index is 0.00583. The van der Waals surface area contributed by atoms with E-state index in [2.05, 4.69) is 5.32 Å². The maximum Gasteiger partial charge on any atom is 0.230 e. The molecule has 0 radical (unpaired) electrons. The molecule has 0 saturated heterocycles. The molecule has 1 atom stereocenters. The van der Waals surface area contributed by atoms with Crippen LogP contribution in [-0.4, -0.2) is 37.2 Å². The first-order chi connectivity index (χ1) is 11.0. The van der Waals surface area contributed by atoms with E-state index in [4.69, 9.17) is 27.6 Å². The lowest BCUT2D eigenvalue weighted by molar-refractivity contribution is -0.118. The third-order valence-corrected chi connectivity index (χ3v) is 4.97. The largest absolute Gasteiger partial charge is 0.468 e. The highest BCUT2D eigenvalue weighted by molar-refractivity contribution is 8.00. The van der Waals surface area contributed by atoms with Crippen LogP contribution in [0, 0.1) is 0 Å². The van der Waals surface area contributed by atoms with Gasteiger partial charge < -0.3 is 9.73 Å². The summed E-state index contributed by atoms with van der Waals surface area (Å²) in [5, 5.41) is 4.11. The molecule has 0 spiro atoms. The molecule has 0 bridgehead atoms. The molecular weight excluding hydrogens is 355 g/mol. The topological polar surface area (TPSA) is 45.5 Å². The molecule has 0 fully saturated rings. The van der Waals surface area contributed by atoms with Gasteiger partial charge >= 0.3 is 0 Å². The van der Waals surface area contributed by atoms with Crippen LogP contribution < -0.4 is 5.32 Å². The van der Waals surface area contributed by atoms with Crippen LogP contribution in [0.5, 0.6) is 0 Å². The standard InChI is InChI=1S/C16H18Cl2N2O2S/c1-20(2)13(14-4-3-7-22-14)9-19-16(21)10-23-15-8-11(17)5-6-12(15)18/h3-8,13H,9-10H2,1-2H3,(H,19,21). The second kappa shape index (κ2) is 8.64. The fourth-order valence-corrected chi connectivity index (χ4v) is 3.33. The van der Waals surface area contributed by atoms with Gasteiger partial charge in [-0.25, -0.2) is 0 Å². The molecule has 1 aromatic carbocycles. The number of nitrogens with zero attached hydrogens (tertiary/aromatic N) is 1. The Kier molecular flexibility index (Phi) is 6.84. The van der Waals surface area contributed by atoms with Crippen molar-refractivity contribution in [1.82, 2.24) is 10.2 Å². The van der Waals surface area contributed by atoms with E-state index in [1.807, 2.05) is 31.1 Å². The number of carbonyl (C=O) groups is 1. The van der Waals surface area contributed by atoms with Crippen LogP contribution in [0.25, 0.3) is 0 Å². The van der Waals surface area contributed by atoms with Crippen LogP contribution in [0.15, 0.2) is 45.9 Å². The zero-order valence-electron chi connectivity index (χ0n) is 12.9. The molecule has 2 rings (SSSR count).